The van der Waals surface area contributed by atoms with E-state index in [2.05, 4.69) is 101 Å². The summed E-state index contributed by atoms with van der Waals surface area (Å²) in [6.45, 7) is 0. The van der Waals surface area contributed by atoms with Gasteiger partial charge in [0.05, 0.1) is 0 Å². The quantitative estimate of drug-likeness (QED) is 0.174. The van der Waals surface area contributed by atoms with Crippen LogP contribution in [-0.4, -0.2) is 39.9 Å². The summed E-state index contributed by atoms with van der Waals surface area (Å²) in [5.74, 6) is 2.12. The Morgan fingerprint density at radius 1 is 0.266 bits per heavy atom. The lowest BCUT2D eigenvalue weighted by Gasteiger charge is -2.00. The number of nitrogens with one attached hydrogen (secondary N) is 2. The van der Waals surface area contributed by atoms with Crippen LogP contribution in [0.5, 0.6) is 0 Å². The van der Waals surface area contributed by atoms with Gasteiger partial charge in [0.25, 0.3) is 0 Å². The summed E-state index contributed by atoms with van der Waals surface area (Å²) in [6, 6.07) is 49.3. The predicted octanol–water partition coefficient (Wildman–Crippen LogP) is 7.98. The summed E-state index contributed by atoms with van der Waals surface area (Å²) >= 11 is 0. The lowest BCUT2D eigenvalue weighted by molar-refractivity contribution is -0.595. The molecule has 298 valence electrons. The highest BCUT2D eigenvalue weighted by Crippen LogP contribution is 2.38. The van der Waals surface area contributed by atoms with E-state index in [0.717, 1.165) is 66.5 Å². The van der Waals surface area contributed by atoms with Gasteiger partial charge in [0.2, 0.25) is 22.7 Å². The zero-order valence-electron chi connectivity index (χ0n) is 33.9. The zero-order valence-corrected chi connectivity index (χ0v) is 33.9. The first kappa shape index (κ1) is 35.6. The number of H-pyrrole nitrogens is 2. The number of fused-ring (bicyclic) bond motifs is 20. The van der Waals surface area contributed by atoms with Crippen molar-refractivity contribution in [3.05, 3.63) is 195 Å². The first-order valence-corrected chi connectivity index (χ1v) is 20.9. The fraction of sp³-hybridized carbons (Fsp3) is 0. The fourth-order valence-electron chi connectivity index (χ4n) is 8.67. The summed E-state index contributed by atoms with van der Waals surface area (Å²) in [5.41, 5.74) is 9.82. The minimum absolute atomic E-state index is 0.529. The largest absolute Gasteiger partial charge is 0.324 e. The first-order chi connectivity index (χ1) is 31.7. The normalized spacial score (nSPS) is 11.8. The number of pyridine rings is 4. The van der Waals surface area contributed by atoms with Gasteiger partial charge in [-0.2, -0.15) is 18.3 Å². The van der Waals surface area contributed by atoms with Crippen LogP contribution in [0.2, 0.25) is 0 Å². The van der Waals surface area contributed by atoms with E-state index in [0.29, 0.717) is 45.9 Å². The smallest absolute Gasteiger partial charge is 0.211 e. The molecule has 13 rings (SSSR count). The van der Waals surface area contributed by atoms with Crippen LogP contribution in [0.1, 0.15) is 0 Å². The molecule has 4 aromatic carbocycles. The predicted molar refractivity (Wildman–Crippen MR) is 242 cm³/mol. The highest BCUT2D eigenvalue weighted by Gasteiger charge is 2.26. The van der Waals surface area contributed by atoms with E-state index in [-0.39, 0.29) is 0 Å². The lowest BCUT2D eigenvalue weighted by Crippen LogP contribution is -2.28. The maximum Gasteiger partial charge on any atom is 0.211 e. The summed E-state index contributed by atoms with van der Waals surface area (Å²) in [7, 11) is 0. The highest BCUT2D eigenvalue weighted by atomic mass is 15.1. The van der Waals surface area contributed by atoms with Crippen molar-refractivity contribution in [2.24, 2.45) is 0 Å². The molecule has 8 bridgehead atoms. The molecule has 2 N–H and O–H groups in total. The van der Waals surface area contributed by atoms with Crippen molar-refractivity contribution in [2.75, 3.05) is 0 Å². The van der Waals surface area contributed by atoms with Gasteiger partial charge in [0, 0.05) is 141 Å². The Balaban J connectivity index is 1.15. The van der Waals surface area contributed by atoms with E-state index in [1.165, 1.54) is 0 Å². The zero-order chi connectivity index (χ0) is 42.1. The third-order valence-corrected chi connectivity index (χ3v) is 11.8. The highest BCUT2D eigenvalue weighted by molar-refractivity contribution is 6.07. The Labute approximate surface area is 364 Å². The van der Waals surface area contributed by atoms with Gasteiger partial charge in [0.1, 0.15) is 22.6 Å². The van der Waals surface area contributed by atoms with Crippen LogP contribution in [0.15, 0.2) is 195 Å². The Kier molecular flexibility index (Phi) is 7.90. The van der Waals surface area contributed by atoms with Crippen LogP contribution in [0.3, 0.4) is 0 Å². The Bertz CT molecular complexity index is 3580. The maximum absolute atomic E-state index is 5.33. The molecule has 0 saturated heterocycles. The van der Waals surface area contributed by atoms with Crippen molar-refractivity contribution in [3.8, 4) is 68.3 Å². The molecule has 64 heavy (non-hydrogen) atoms. The van der Waals surface area contributed by atoms with Gasteiger partial charge in [-0.05, 0) is 24.3 Å². The molecule has 11 aromatic rings. The van der Waals surface area contributed by atoms with E-state index in [9.17, 15) is 0 Å². The lowest BCUT2D eigenvalue weighted by atomic mass is 10.1. The van der Waals surface area contributed by atoms with Gasteiger partial charge in [-0.25, -0.2) is 29.9 Å². The van der Waals surface area contributed by atoms with Gasteiger partial charge in [-0.15, -0.1) is 0 Å². The third kappa shape index (κ3) is 5.92. The molecular weight excluding hydrogens is 793 g/mol. The van der Waals surface area contributed by atoms with Crippen molar-refractivity contribution < 1.29 is 18.3 Å². The van der Waals surface area contributed by atoms with Gasteiger partial charge in [0.15, 0.2) is 72.9 Å². The van der Waals surface area contributed by atoms with Gasteiger partial charge in [-0.3, -0.25) is 0 Å². The Morgan fingerprint density at radius 3 is 0.922 bits per heavy atom. The summed E-state index contributed by atoms with van der Waals surface area (Å²) < 4.78 is 8.32. The molecule has 12 nitrogen and oxygen atoms in total. The van der Waals surface area contributed by atoms with Gasteiger partial charge < -0.3 is 9.97 Å². The number of hydrogen-bond acceptors (Lipinski definition) is 6. The maximum atomic E-state index is 5.33. The fourth-order valence-corrected chi connectivity index (χ4v) is 8.67. The van der Waals surface area contributed by atoms with Crippen molar-refractivity contribution in [3.63, 3.8) is 0 Å². The molecule has 0 amide bonds. The Morgan fingerprint density at radius 2 is 0.562 bits per heavy atom. The number of benzene rings is 4. The van der Waals surface area contributed by atoms with Crippen molar-refractivity contribution in [2.45, 2.75) is 0 Å². The van der Waals surface area contributed by atoms with Crippen molar-refractivity contribution in [1.29, 1.82) is 0 Å². The Hall–Kier alpha value is -9.16. The summed E-state index contributed by atoms with van der Waals surface area (Å²) in [6.07, 6.45) is 16.2. The summed E-state index contributed by atoms with van der Waals surface area (Å²) in [5, 5.41) is 3.55. The van der Waals surface area contributed by atoms with Crippen LogP contribution >= 0.6 is 0 Å². The number of rotatable bonds is 4. The topological polar surface area (TPSA) is 124 Å². The van der Waals surface area contributed by atoms with Crippen molar-refractivity contribution >= 4 is 44.1 Å². The first-order valence-electron chi connectivity index (χ1n) is 20.9. The molecule has 2 aliphatic heterocycles. The molecule has 0 atom stereocenters. The SMILES string of the molecule is c1cc[n+](-c2ccc3c(c2)-c2nc-3nc3[nH]c(nc4nc(nc5[nH]c(n2)c2ccc(-[n+]6ccccc6)cc52)-c2ccc(-[n+]5ccccc5)cc2-4)c2ccc(-[n+]4ccccc4)cc32)cc1. The van der Waals surface area contributed by atoms with Crippen LogP contribution in [-0.2, 0) is 0 Å². The average molecular weight is 827 g/mol. The van der Waals surface area contributed by atoms with Gasteiger partial charge in [-0.1, -0.05) is 24.3 Å². The average Bonchev–Trinajstić information content (AvgIpc) is 4.10. The molecule has 12 heteroatoms. The third-order valence-electron chi connectivity index (χ3n) is 11.8. The minimum atomic E-state index is 0.529. The minimum Gasteiger partial charge on any atom is -0.324 e. The number of aromatic nitrogens is 12. The molecule has 0 radical (unpaired) electrons. The van der Waals surface area contributed by atoms with E-state index >= 15 is 0 Å². The second-order valence-electron chi connectivity index (χ2n) is 15.7. The van der Waals surface area contributed by atoms with Gasteiger partial charge >= 0.3 is 0 Å². The van der Waals surface area contributed by atoms with Crippen LogP contribution in [0.25, 0.3) is 112 Å². The molecule has 0 spiro atoms. The second-order valence-corrected chi connectivity index (χ2v) is 15.7. The molecule has 7 aromatic heterocycles. The second kappa shape index (κ2) is 14.2. The molecule has 0 saturated carbocycles. The monoisotopic (exact) mass is 826 g/mol. The molecular formula is C52H34N12+4. The van der Waals surface area contributed by atoms with E-state index in [1.807, 2.05) is 122 Å². The van der Waals surface area contributed by atoms with Crippen LogP contribution < -0.4 is 18.3 Å². The number of aromatic amines is 2. The molecule has 0 unspecified atom stereocenters. The van der Waals surface area contributed by atoms with E-state index < -0.39 is 0 Å². The van der Waals surface area contributed by atoms with Crippen molar-refractivity contribution in [1.82, 2.24) is 39.9 Å². The standard InChI is InChI=1S/C52H34N12/c1-5-21-61(22-6-1)33-13-17-37-41(29-33)49-53-45(37)58-50-43-31-35(63-25-9-3-10-26-63)15-19-39(43)47(55-50)60-52-44-32-36(64-27-11-4-12-28-64)16-20-40(44)48(56-52)59-51-42-30-34(62-23-7-2-8-24-62)14-18-38(42)46(54-51)57-49/h1-32H,(H2,53,54,55,56,57,58,59,60)/q+4. The van der Waals surface area contributed by atoms with E-state index in [4.69, 9.17) is 29.9 Å². The molecule has 0 fully saturated rings. The summed E-state index contributed by atoms with van der Waals surface area (Å²) in [4.78, 5) is 38.9. The molecule has 2 aliphatic rings. The van der Waals surface area contributed by atoms with Crippen LogP contribution in [0, 0.1) is 0 Å². The molecule has 9 heterocycles. The van der Waals surface area contributed by atoms with Crippen LogP contribution in [0.4, 0.5) is 0 Å². The number of hydrogen-bond donors (Lipinski definition) is 2. The number of nitrogens with zero attached hydrogens (tertiary/aromatic N) is 10. The molecule has 0 aliphatic carbocycles. The van der Waals surface area contributed by atoms with E-state index in [1.54, 1.807) is 0 Å².